The summed E-state index contributed by atoms with van der Waals surface area (Å²) in [7, 11) is 0. The minimum atomic E-state index is -4.50. The van der Waals surface area contributed by atoms with Gasteiger partial charge in [-0.15, -0.1) is 0 Å². The molecule has 6 nitrogen and oxygen atoms in total. The van der Waals surface area contributed by atoms with Crippen LogP contribution in [0.25, 0.3) is 11.0 Å². The molecule has 1 aliphatic heterocycles. The van der Waals surface area contributed by atoms with Crippen LogP contribution in [-0.2, 0) is 10.9 Å². The van der Waals surface area contributed by atoms with Gasteiger partial charge in [0.2, 0.25) is 0 Å². The third-order valence-corrected chi connectivity index (χ3v) is 4.79. The van der Waals surface area contributed by atoms with Crippen LogP contribution in [0.15, 0.2) is 41.7 Å². The Hall–Kier alpha value is -2.94. The van der Waals surface area contributed by atoms with Gasteiger partial charge < -0.3 is 14.5 Å². The van der Waals surface area contributed by atoms with Crippen LogP contribution in [0.2, 0.25) is 0 Å². The molecule has 9 heteroatoms. The fourth-order valence-corrected chi connectivity index (χ4v) is 3.34. The lowest BCUT2D eigenvalue weighted by molar-refractivity contribution is -0.140. The minimum absolute atomic E-state index is 0.0875. The normalized spacial score (nSPS) is 19.4. The standard InChI is InChI=1S/C21H21F3N4O2/c1-12(2)9-29-17-10-30-16-6-4-3-5-13(16)15(17)8-25-19-14-7-18(21(22,23)24)28-20(14)27-11-26-19/h3-8,11-12,15,17H,9-10H2,1-2H3,(H,26,27,28)/t15?,17-/m0/s1. The van der Waals surface area contributed by atoms with Crippen LogP contribution in [0.5, 0.6) is 5.75 Å². The maximum absolute atomic E-state index is 13.1. The molecule has 1 unspecified atom stereocenters. The molecule has 0 amide bonds. The molecule has 1 N–H and O–H groups in total. The van der Waals surface area contributed by atoms with Crippen molar-refractivity contribution in [3.05, 3.63) is 47.9 Å². The summed E-state index contributed by atoms with van der Waals surface area (Å²) in [5.41, 5.74) is 0.116. The van der Waals surface area contributed by atoms with E-state index in [2.05, 4.69) is 33.8 Å². The molecular weight excluding hydrogens is 397 g/mol. The monoisotopic (exact) mass is 418 g/mol. The van der Waals surface area contributed by atoms with Gasteiger partial charge in [0.25, 0.3) is 0 Å². The van der Waals surface area contributed by atoms with Gasteiger partial charge in [-0.2, -0.15) is 13.2 Å². The molecule has 3 heterocycles. The number of aromatic nitrogens is 3. The number of H-pyrrole nitrogens is 1. The molecule has 1 aromatic carbocycles. The second kappa shape index (κ2) is 8.06. The molecule has 0 bridgehead atoms. The van der Waals surface area contributed by atoms with E-state index in [1.54, 1.807) is 6.21 Å². The molecule has 0 radical (unpaired) electrons. The number of aliphatic imine (C=N–C) groups is 1. The Morgan fingerprint density at radius 2 is 2.10 bits per heavy atom. The van der Waals surface area contributed by atoms with Crippen molar-refractivity contribution in [1.82, 2.24) is 15.0 Å². The van der Waals surface area contributed by atoms with E-state index in [4.69, 9.17) is 9.47 Å². The molecule has 0 spiro atoms. The van der Waals surface area contributed by atoms with E-state index in [0.717, 1.165) is 17.4 Å². The summed E-state index contributed by atoms with van der Waals surface area (Å²) in [6, 6.07) is 8.57. The maximum Gasteiger partial charge on any atom is 0.431 e. The second-order valence-electron chi connectivity index (χ2n) is 7.56. The van der Waals surface area contributed by atoms with Crippen LogP contribution in [0.1, 0.15) is 31.0 Å². The number of rotatable bonds is 5. The molecule has 4 rings (SSSR count). The summed E-state index contributed by atoms with van der Waals surface area (Å²) in [5.74, 6) is 1.03. The number of nitrogens with zero attached hydrogens (tertiary/aromatic N) is 3. The molecule has 3 aromatic rings. The quantitative estimate of drug-likeness (QED) is 0.599. The van der Waals surface area contributed by atoms with Gasteiger partial charge in [0, 0.05) is 18.4 Å². The number of alkyl halides is 3. The van der Waals surface area contributed by atoms with Gasteiger partial charge in [0.05, 0.1) is 11.3 Å². The summed E-state index contributed by atoms with van der Waals surface area (Å²) in [6.07, 6.45) is -1.90. The third-order valence-electron chi connectivity index (χ3n) is 4.79. The van der Waals surface area contributed by atoms with Crippen molar-refractivity contribution in [2.24, 2.45) is 10.9 Å². The largest absolute Gasteiger partial charge is 0.491 e. The molecule has 2 atom stereocenters. The fourth-order valence-electron chi connectivity index (χ4n) is 3.34. The molecule has 0 aliphatic carbocycles. The molecule has 0 saturated heterocycles. The van der Waals surface area contributed by atoms with Crippen molar-refractivity contribution in [2.75, 3.05) is 13.2 Å². The summed E-state index contributed by atoms with van der Waals surface area (Å²) < 4.78 is 51.0. The van der Waals surface area contributed by atoms with E-state index in [1.807, 2.05) is 24.3 Å². The van der Waals surface area contributed by atoms with Crippen LogP contribution >= 0.6 is 0 Å². The Kier molecular flexibility index (Phi) is 5.46. The van der Waals surface area contributed by atoms with Gasteiger partial charge in [-0.3, -0.25) is 0 Å². The molecular formula is C21H21F3N4O2. The Labute approximate surface area is 171 Å². The van der Waals surface area contributed by atoms with E-state index in [9.17, 15) is 13.2 Å². The minimum Gasteiger partial charge on any atom is -0.491 e. The lowest BCUT2D eigenvalue weighted by Crippen LogP contribution is -2.35. The van der Waals surface area contributed by atoms with Gasteiger partial charge in [-0.1, -0.05) is 32.0 Å². The lowest BCUT2D eigenvalue weighted by Gasteiger charge is -2.31. The van der Waals surface area contributed by atoms with Crippen LogP contribution in [0.3, 0.4) is 0 Å². The Morgan fingerprint density at radius 3 is 2.87 bits per heavy atom. The van der Waals surface area contributed by atoms with Crippen molar-refractivity contribution >= 4 is 23.1 Å². The first-order valence-electron chi connectivity index (χ1n) is 9.61. The van der Waals surface area contributed by atoms with Gasteiger partial charge >= 0.3 is 6.18 Å². The summed E-state index contributed by atoms with van der Waals surface area (Å²) >= 11 is 0. The predicted molar refractivity (Wildman–Crippen MR) is 106 cm³/mol. The van der Waals surface area contributed by atoms with Gasteiger partial charge in [-0.05, 0) is 18.1 Å². The van der Waals surface area contributed by atoms with E-state index in [-0.39, 0.29) is 28.9 Å². The van der Waals surface area contributed by atoms with Crippen molar-refractivity contribution in [1.29, 1.82) is 0 Å². The number of para-hydroxylation sites is 1. The molecule has 1 aliphatic rings. The van der Waals surface area contributed by atoms with Gasteiger partial charge in [0.1, 0.15) is 36.1 Å². The van der Waals surface area contributed by atoms with Crippen LogP contribution in [-0.4, -0.2) is 40.5 Å². The first kappa shape index (κ1) is 20.3. The first-order chi connectivity index (χ1) is 14.3. The van der Waals surface area contributed by atoms with Crippen molar-refractivity contribution in [2.45, 2.75) is 32.0 Å². The van der Waals surface area contributed by atoms with Crippen LogP contribution in [0, 0.1) is 5.92 Å². The fraction of sp³-hybridized carbons (Fsp3) is 0.381. The molecule has 0 fully saturated rings. The zero-order valence-corrected chi connectivity index (χ0v) is 16.5. The summed E-state index contributed by atoms with van der Waals surface area (Å²) in [6.45, 7) is 5.04. The number of nitrogens with one attached hydrogen (secondary N) is 1. The van der Waals surface area contributed by atoms with E-state index < -0.39 is 11.9 Å². The zero-order valence-electron chi connectivity index (χ0n) is 16.5. The Morgan fingerprint density at radius 1 is 1.30 bits per heavy atom. The number of fused-ring (bicyclic) bond motifs is 2. The average molecular weight is 418 g/mol. The van der Waals surface area contributed by atoms with Crippen molar-refractivity contribution in [3.8, 4) is 5.75 Å². The van der Waals surface area contributed by atoms with Gasteiger partial charge in [0.15, 0.2) is 5.82 Å². The lowest BCUT2D eigenvalue weighted by atomic mass is 9.91. The highest BCUT2D eigenvalue weighted by Crippen LogP contribution is 2.36. The van der Waals surface area contributed by atoms with Crippen LogP contribution in [0.4, 0.5) is 19.0 Å². The van der Waals surface area contributed by atoms with Crippen molar-refractivity contribution in [3.63, 3.8) is 0 Å². The molecule has 2 aromatic heterocycles. The molecule has 158 valence electrons. The van der Waals surface area contributed by atoms with E-state index in [1.165, 1.54) is 6.33 Å². The second-order valence-corrected chi connectivity index (χ2v) is 7.56. The van der Waals surface area contributed by atoms with Crippen LogP contribution < -0.4 is 4.74 Å². The summed E-state index contributed by atoms with van der Waals surface area (Å²) in [5, 5.41) is 0.209. The molecule has 0 saturated carbocycles. The average Bonchev–Trinajstić information content (AvgIpc) is 3.16. The first-order valence-corrected chi connectivity index (χ1v) is 9.61. The SMILES string of the molecule is CC(C)CO[C@H]1COc2ccccc2C1C=Nc1ncnc2[nH]c(C(F)(F)F)cc12. The number of hydrogen-bond acceptors (Lipinski definition) is 5. The number of benzene rings is 1. The predicted octanol–water partition coefficient (Wildman–Crippen LogP) is 4.90. The number of hydrogen-bond donors (Lipinski definition) is 1. The topological polar surface area (TPSA) is 72.4 Å². The Bertz CT molecular complexity index is 1060. The van der Waals surface area contributed by atoms with Gasteiger partial charge in [-0.25, -0.2) is 15.0 Å². The highest BCUT2D eigenvalue weighted by atomic mass is 19.4. The highest BCUT2D eigenvalue weighted by molar-refractivity contribution is 5.88. The number of aromatic amines is 1. The maximum atomic E-state index is 13.1. The number of halogens is 3. The molecule has 30 heavy (non-hydrogen) atoms. The zero-order chi connectivity index (χ0) is 21.3. The van der Waals surface area contributed by atoms with Crippen molar-refractivity contribution < 1.29 is 22.6 Å². The smallest absolute Gasteiger partial charge is 0.431 e. The van der Waals surface area contributed by atoms with E-state index >= 15 is 0 Å². The summed E-state index contributed by atoms with van der Waals surface area (Å²) in [4.78, 5) is 14.7. The van der Waals surface area contributed by atoms with E-state index in [0.29, 0.717) is 19.1 Å². The third kappa shape index (κ3) is 4.16. The highest BCUT2D eigenvalue weighted by Gasteiger charge is 2.34. The number of ether oxygens (including phenoxy) is 2. The Balaban J connectivity index is 1.69.